The van der Waals surface area contributed by atoms with Crippen LogP contribution in [0.25, 0.3) is 0 Å². The molecule has 0 saturated heterocycles. The molecular weight excluding hydrogens is 248 g/mol. The third kappa shape index (κ3) is 3.83. The van der Waals surface area contributed by atoms with E-state index in [-0.39, 0.29) is 11.9 Å². The van der Waals surface area contributed by atoms with Gasteiger partial charge in [0.25, 0.3) is 0 Å². The number of nitrogens with two attached hydrogens (primary N) is 1. The fraction of sp³-hybridized carbons (Fsp3) is 0.588. The second-order valence-corrected chi connectivity index (χ2v) is 6.15. The number of amides is 1. The van der Waals surface area contributed by atoms with Gasteiger partial charge in [0.2, 0.25) is 5.91 Å². The van der Waals surface area contributed by atoms with Gasteiger partial charge in [0.15, 0.2) is 0 Å². The number of hydrogen-bond donors (Lipinski definition) is 1. The largest absolute Gasteiger partial charge is 0.343 e. The Morgan fingerprint density at radius 2 is 2.05 bits per heavy atom. The van der Waals surface area contributed by atoms with Gasteiger partial charge < -0.3 is 10.6 Å². The van der Waals surface area contributed by atoms with E-state index in [0.29, 0.717) is 12.5 Å². The van der Waals surface area contributed by atoms with Crippen molar-refractivity contribution in [3.8, 4) is 0 Å². The Morgan fingerprint density at radius 1 is 1.35 bits per heavy atom. The summed E-state index contributed by atoms with van der Waals surface area (Å²) in [5, 5.41) is 0. The fourth-order valence-electron chi connectivity index (χ4n) is 3.11. The fourth-order valence-corrected chi connectivity index (χ4v) is 3.11. The summed E-state index contributed by atoms with van der Waals surface area (Å²) >= 11 is 0. The summed E-state index contributed by atoms with van der Waals surface area (Å²) in [7, 11) is 1.93. The van der Waals surface area contributed by atoms with E-state index in [1.165, 1.54) is 12.8 Å². The first kappa shape index (κ1) is 15.0. The zero-order valence-corrected chi connectivity index (χ0v) is 12.6. The highest BCUT2D eigenvalue weighted by Gasteiger charge is 2.26. The Balaban J connectivity index is 1.90. The number of carbonyl (C=O) groups excluding carboxylic acids is 1. The molecule has 3 unspecified atom stereocenters. The van der Waals surface area contributed by atoms with E-state index < -0.39 is 0 Å². The smallest absolute Gasteiger partial charge is 0.224 e. The molecule has 20 heavy (non-hydrogen) atoms. The Hall–Kier alpha value is -1.35. The highest BCUT2D eigenvalue weighted by Crippen LogP contribution is 2.27. The van der Waals surface area contributed by atoms with E-state index in [0.717, 1.165) is 24.3 Å². The Kier molecular flexibility index (Phi) is 5.18. The van der Waals surface area contributed by atoms with Gasteiger partial charge in [-0.25, -0.2) is 0 Å². The van der Waals surface area contributed by atoms with Crippen molar-refractivity contribution in [1.82, 2.24) is 4.90 Å². The van der Waals surface area contributed by atoms with Crippen LogP contribution in [0.3, 0.4) is 0 Å². The number of benzene rings is 1. The first-order chi connectivity index (χ1) is 9.58. The quantitative estimate of drug-likeness (QED) is 0.917. The van der Waals surface area contributed by atoms with E-state index in [9.17, 15) is 4.79 Å². The standard InChI is InChI=1S/C17H26N2O/c1-13-7-6-10-15(11-13)19(2)17(20)12-16(18)14-8-4-3-5-9-14/h3-5,8-9,13,15-16H,6-7,10-12,18H2,1-2H3. The summed E-state index contributed by atoms with van der Waals surface area (Å²) in [4.78, 5) is 14.3. The SMILES string of the molecule is CC1CCCC(N(C)C(=O)CC(N)c2ccccc2)C1. The van der Waals surface area contributed by atoms with Crippen LogP contribution >= 0.6 is 0 Å². The van der Waals surface area contributed by atoms with Crippen LogP contribution in [-0.4, -0.2) is 23.9 Å². The van der Waals surface area contributed by atoms with Gasteiger partial charge in [-0.1, -0.05) is 50.1 Å². The maximum absolute atomic E-state index is 12.4. The number of carbonyl (C=O) groups is 1. The molecule has 0 radical (unpaired) electrons. The summed E-state index contributed by atoms with van der Waals surface area (Å²) in [6, 6.07) is 10.1. The van der Waals surface area contributed by atoms with Crippen LogP contribution in [0.5, 0.6) is 0 Å². The summed E-state index contributed by atoms with van der Waals surface area (Å²) in [5.74, 6) is 0.896. The van der Waals surface area contributed by atoms with Gasteiger partial charge in [-0.2, -0.15) is 0 Å². The van der Waals surface area contributed by atoms with Crippen molar-refractivity contribution in [3.05, 3.63) is 35.9 Å². The van der Waals surface area contributed by atoms with Crippen molar-refractivity contribution < 1.29 is 4.79 Å². The molecule has 1 fully saturated rings. The lowest BCUT2D eigenvalue weighted by Crippen LogP contribution is -2.40. The molecule has 1 aliphatic rings. The summed E-state index contributed by atoms with van der Waals surface area (Å²) in [6.45, 7) is 2.28. The molecule has 0 heterocycles. The summed E-state index contributed by atoms with van der Waals surface area (Å²) in [6.07, 6.45) is 5.18. The minimum Gasteiger partial charge on any atom is -0.343 e. The molecule has 1 aromatic carbocycles. The molecule has 2 N–H and O–H groups in total. The van der Waals surface area contributed by atoms with Gasteiger partial charge in [0.05, 0.1) is 0 Å². The molecule has 0 bridgehead atoms. The van der Waals surface area contributed by atoms with Crippen LogP contribution in [0, 0.1) is 5.92 Å². The molecule has 3 heteroatoms. The van der Waals surface area contributed by atoms with Gasteiger partial charge in [0.1, 0.15) is 0 Å². The molecule has 0 aliphatic heterocycles. The molecule has 0 aromatic heterocycles. The predicted molar refractivity (Wildman–Crippen MR) is 82.2 cm³/mol. The van der Waals surface area contributed by atoms with Crippen LogP contribution in [0.2, 0.25) is 0 Å². The first-order valence-corrected chi connectivity index (χ1v) is 7.64. The lowest BCUT2D eigenvalue weighted by atomic mass is 9.86. The Morgan fingerprint density at radius 3 is 2.70 bits per heavy atom. The molecule has 2 rings (SSSR count). The Labute approximate surface area is 122 Å². The molecule has 1 aliphatic carbocycles. The monoisotopic (exact) mass is 274 g/mol. The molecule has 3 nitrogen and oxygen atoms in total. The maximum Gasteiger partial charge on any atom is 0.224 e. The van der Waals surface area contributed by atoms with Crippen molar-refractivity contribution >= 4 is 5.91 Å². The van der Waals surface area contributed by atoms with Crippen molar-refractivity contribution in [3.63, 3.8) is 0 Å². The lowest BCUT2D eigenvalue weighted by molar-refractivity contribution is -0.133. The topological polar surface area (TPSA) is 46.3 Å². The van der Waals surface area contributed by atoms with Crippen molar-refractivity contribution in [2.75, 3.05) is 7.05 Å². The van der Waals surface area contributed by atoms with Gasteiger partial charge in [-0.3, -0.25) is 4.79 Å². The molecule has 110 valence electrons. The van der Waals surface area contributed by atoms with Crippen molar-refractivity contribution in [2.24, 2.45) is 11.7 Å². The molecule has 0 spiro atoms. The van der Waals surface area contributed by atoms with E-state index in [4.69, 9.17) is 5.73 Å². The minimum absolute atomic E-state index is 0.167. The third-order valence-corrected chi connectivity index (χ3v) is 4.47. The number of hydrogen-bond acceptors (Lipinski definition) is 2. The van der Waals surface area contributed by atoms with Crippen LogP contribution in [0.1, 0.15) is 50.6 Å². The number of rotatable bonds is 4. The average molecular weight is 274 g/mol. The average Bonchev–Trinajstić information content (AvgIpc) is 2.47. The Bertz CT molecular complexity index is 432. The van der Waals surface area contributed by atoms with Crippen LogP contribution in [-0.2, 0) is 4.79 Å². The van der Waals surface area contributed by atoms with Gasteiger partial charge in [0, 0.05) is 25.6 Å². The highest BCUT2D eigenvalue weighted by molar-refractivity contribution is 5.77. The molecule has 1 saturated carbocycles. The molecule has 3 atom stereocenters. The van der Waals surface area contributed by atoms with E-state index in [2.05, 4.69) is 6.92 Å². The zero-order valence-electron chi connectivity index (χ0n) is 12.6. The summed E-state index contributed by atoms with van der Waals surface area (Å²) < 4.78 is 0. The normalized spacial score (nSPS) is 24.1. The first-order valence-electron chi connectivity index (χ1n) is 7.64. The maximum atomic E-state index is 12.4. The molecule has 1 aromatic rings. The van der Waals surface area contributed by atoms with Crippen LogP contribution in [0.15, 0.2) is 30.3 Å². The van der Waals surface area contributed by atoms with Crippen LogP contribution in [0.4, 0.5) is 0 Å². The van der Waals surface area contributed by atoms with Gasteiger partial charge in [-0.15, -0.1) is 0 Å². The summed E-state index contributed by atoms with van der Waals surface area (Å²) in [5.41, 5.74) is 7.18. The zero-order chi connectivity index (χ0) is 14.5. The van der Waals surface area contributed by atoms with E-state index in [1.807, 2.05) is 42.3 Å². The van der Waals surface area contributed by atoms with Crippen molar-refractivity contribution in [1.29, 1.82) is 0 Å². The second-order valence-electron chi connectivity index (χ2n) is 6.15. The van der Waals surface area contributed by atoms with Gasteiger partial charge in [-0.05, 0) is 24.3 Å². The predicted octanol–water partition coefficient (Wildman–Crippen LogP) is 3.11. The van der Waals surface area contributed by atoms with Crippen LogP contribution < -0.4 is 5.73 Å². The van der Waals surface area contributed by atoms with Gasteiger partial charge >= 0.3 is 0 Å². The van der Waals surface area contributed by atoms with Crippen molar-refractivity contribution in [2.45, 2.75) is 51.1 Å². The second kappa shape index (κ2) is 6.89. The van der Waals surface area contributed by atoms with E-state index in [1.54, 1.807) is 0 Å². The third-order valence-electron chi connectivity index (χ3n) is 4.47. The lowest BCUT2D eigenvalue weighted by Gasteiger charge is -2.34. The minimum atomic E-state index is -0.202. The highest BCUT2D eigenvalue weighted by atomic mass is 16.2. The molecule has 1 amide bonds. The molecular formula is C17H26N2O. The van der Waals surface area contributed by atoms with E-state index >= 15 is 0 Å². The number of nitrogens with zero attached hydrogens (tertiary/aromatic N) is 1.